The van der Waals surface area contributed by atoms with Gasteiger partial charge >= 0.3 is 11.9 Å². The maximum atomic E-state index is 13.3. The number of likely N-dealkylation sites (tertiary alicyclic amines) is 1. The fourth-order valence-corrected chi connectivity index (χ4v) is 8.92. The van der Waals surface area contributed by atoms with Gasteiger partial charge in [-0.25, -0.2) is 18.2 Å². The van der Waals surface area contributed by atoms with Crippen LogP contribution >= 0.6 is 0 Å². The first-order valence-electron chi connectivity index (χ1n) is 20.6. The number of carbonyl (C=O) groups excluding carboxylic acids is 2. The second-order valence-corrected chi connectivity index (χ2v) is 16.9. The van der Waals surface area contributed by atoms with E-state index in [0.29, 0.717) is 93.8 Å². The van der Waals surface area contributed by atoms with Crippen LogP contribution in [0.2, 0.25) is 0 Å². The highest BCUT2D eigenvalue weighted by molar-refractivity contribution is 7.89. The van der Waals surface area contributed by atoms with Gasteiger partial charge in [0.25, 0.3) is 5.56 Å². The third-order valence-corrected chi connectivity index (χ3v) is 12.5. The molecule has 2 aliphatic heterocycles. The summed E-state index contributed by atoms with van der Waals surface area (Å²) in [5, 5.41) is 16.8. The van der Waals surface area contributed by atoms with Crippen molar-refractivity contribution >= 4 is 38.9 Å². The molecule has 2 aromatic carbocycles. The molecule has 3 atom stereocenters. The number of hydrogen-bond donors (Lipinski definition) is 3. The molecule has 4 aromatic rings. The Morgan fingerprint density at radius 3 is 2.35 bits per heavy atom. The summed E-state index contributed by atoms with van der Waals surface area (Å²) in [7, 11) is -0.00831. The monoisotopic (exact) mass is 850 g/mol. The number of esters is 1. The Bertz CT molecular complexity index is 2270. The molecule has 2 saturated heterocycles. The van der Waals surface area contributed by atoms with Gasteiger partial charge in [-0.1, -0.05) is 43.7 Å². The van der Waals surface area contributed by atoms with Crippen LogP contribution in [-0.4, -0.2) is 136 Å². The molecule has 18 heteroatoms. The smallest absolute Gasteiger partial charge is 0.326 e. The maximum Gasteiger partial charge on any atom is 0.326 e. The molecule has 2 fully saturated rings. The van der Waals surface area contributed by atoms with Gasteiger partial charge in [0.1, 0.15) is 29.2 Å². The van der Waals surface area contributed by atoms with Gasteiger partial charge in [-0.15, -0.1) is 0 Å². The molecule has 1 amide bonds. The number of carboxylic acids is 1. The molecule has 326 valence electrons. The topological polar surface area (TPSA) is 209 Å². The van der Waals surface area contributed by atoms with Crippen molar-refractivity contribution in [3.63, 3.8) is 0 Å². The van der Waals surface area contributed by atoms with Crippen LogP contribution < -0.4 is 15.6 Å². The summed E-state index contributed by atoms with van der Waals surface area (Å²) < 4.78 is 40.6. The van der Waals surface area contributed by atoms with E-state index in [4.69, 9.17) is 14.5 Å². The van der Waals surface area contributed by atoms with Gasteiger partial charge in [0.15, 0.2) is 5.52 Å². The van der Waals surface area contributed by atoms with E-state index in [1.807, 2.05) is 51.2 Å². The lowest BCUT2D eigenvalue weighted by Crippen LogP contribution is -2.53. The number of piperazine rings is 1. The van der Waals surface area contributed by atoms with Crippen LogP contribution in [0.3, 0.4) is 0 Å². The van der Waals surface area contributed by atoms with E-state index in [0.717, 1.165) is 17.7 Å². The first kappa shape index (κ1) is 45.9. The average molecular weight is 851 g/mol. The van der Waals surface area contributed by atoms with E-state index in [1.165, 1.54) is 13.9 Å². The van der Waals surface area contributed by atoms with Crippen LogP contribution in [0.4, 0.5) is 0 Å². The number of ether oxygens (including phenoxy) is 2. The van der Waals surface area contributed by atoms with Crippen molar-refractivity contribution in [3.05, 3.63) is 70.1 Å². The highest BCUT2D eigenvalue weighted by atomic mass is 32.2. The van der Waals surface area contributed by atoms with Crippen LogP contribution in [0.5, 0.6) is 5.75 Å². The lowest BCUT2D eigenvalue weighted by atomic mass is 10.0. The lowest BCUT2D eigenvalue weighted by molar-refractivity contribution is -0.150. The number of H-pyrrole nitrogens is 1. The molecule has 0 spiro atoms. The molecular formula is C42H58N8O9S. The molecule has 0 bridgehead atoms. The van der Waals surface area contributed by atoms with Crippen molar-refractivity contribution in [3.8, 4) is 17.1 Å². The molecule has 17 nitrogen and oxygen atoms in total. The summed E-state index contributed by atoms with van der Waals surface area (Å²) in [6, 6.07) is 12.4. The van der Waals surface area contributed by atoms with E-state index in [1.54, 1.807) is 39.1 Å². The standard InChI is InChI=1S/C22H30N6O4S.C20H28N2O5/c1-5-7-17-19-20(27(4)25-17)22(29)24-21(23-19)16-14-15(8-9-18(16)32-6-2)33(30,31)28-12-10-26(3)11-13-28;1-3-27-20(26)16(12-11-15-8-5-4-6-9-15)21-14(2)18(23)22-13-7-10-17(22)19(24)25/h8-9,14H,5-7,10-13H2,1-4H3,(H,23,24,29);4-6,8-9,14,16-17,21H,3,7,10-13H2,1-2H3,(H,24,25)/t;14-,16-,17-/m.0/s1. The molecule has 0 saturated carbocycles. The summed E-state index contributed by atoms with van der Waals surface area (Å²) in [6.07, 6.45) is 3.83. The second kappa shape index (κ2) is 20.9. The Morgan fingerprint density at radius 2 is 1.70 bits per heavy atom. The number of hydrogen-bond acceptors (Lipinski definition) is 12. The number of aromatic nitrogens is 4. The number of likely N-dealkylation sites (N-methyl/N-ethyl adjacent to an activating group) is 1. The number of amides is 1. The number of nitrogens with zero attached hydrogens (tertiary/aromatic N) is 6. The van der Waals surface area contributed by atoms with E-state index in [2.05, 4.69) is 20.3 Å². The summed E-state index contributed by atoms with van der Waals surface area (Å²) >= 11 is 0. The Hall–Kier alpha value is -5.17. The van der Waals surface area contributed by atoms with Gasteiger partial charge in [-0.3, -0.25) is 24.4 Å². The SMILES string of the molecule is CCCc1nn(C)c2c(=O)[nH]c(-c3cc(S(=O)(=O)N4CCN(C)CC4)ccc3OCC)nc12.CCOC(=O)[C@H](CCc1ccccc1)N[C@@H](C)C(=O)N1CCC[C@H]1C(=O)O. The predicted molar refractivity (Wildman–Crippen MR) is 226 cm³/mol. The molecular weight excluding hydrogens is 793 g/mol. The van der Waals surface area contributed by atoms with Crippen LogP contribution in [0.1, 0.15) is 64.6 Å². The zero-order valence-electron chi connectivity index (χ0n) is 35.3. The molecule has 60 heavy (non-hydrogen) atoms. The van der Waals surface area contributed by atoms with E-state index >= 15 is 0 Å². The highest BCUT2D eigenvalue weighted by Crippen LogP contribution is 2.32. The van der Waals surface area contributed by atoms with Gasteiger partial charge in [-0.2, -0.15) is 9.40 Å². The van der Waals surface area contributed by atoms with Crippen molar-refractivity contribution in [1.82, 2.24) is 39.2 Å². The zero-order chi connectivity index (χ0) is 43.6. The van der Waals surface area contributed by atoms with Gasteiger partial charge in [0, 0.05) is 39.8 Å². The minimum absolute atomic E-state index is 0.147. The summed E-state index contributed by atoms with van der Waals surface area (Å²) in [5.41, 5.74) is 2.84. The molecule has 0 aliphatic carbocycles. The molecule has 0 radical (unpaired) electrons. The largest absolute Gasteiger partial charge is 0.493 e. The summed E-state index contributed by atoms with van der Waals surface area (Å²) in [4.78, 5) is 60.4. The number of fused-ring (bicyclic) bond motifs is 1. The van der Waals surface area contributed by atoms with Crippen LogP contribution in [0.25, 0.3) is 22.4 Å². The number of aliphatic carboxylic acids is 1. The Labute approximate surface area is 351 Å². The van der Waals surface area contributed by atoms with E-state index in [-0.39, 0.29) is 28.8 Å². The number of carboxylic acid groups (broad SMARTS) is 1. The fourth-order valence-electron chi connectivity index (χ4n) is 7.47. The van der Waals surface area contributed by atoms with Crippen LogP contribution in [0, 0.1) is 0 Å². The number of rotatable bonds is 16. The normalized spacial score (nSPS) is 17.2. The minimum Gasteiger partial charge on any atom is -0.493 e. The molecule has 2 aromatic heterocycles. The molecule has 2 aliphatic rings. The second-order valence-electron chi connectivity index (χ2n) is 15.0. The van der Waals surface area contributed by atoms with Crippen molar-refractivity contribution in [2.75, 3.05) is 53.0 Å². The van der Waals surface area contributed by atoms with Gasteiger partial charge < -0.3 is 29.4 Å². The molecule has 0 unspecified atom stereocenters. The number of carbonyl (C=O) groups is 3. The number of nitrogens with one attached hydrogen (secondary N) is 2. The average Bonchev–Trinajstić information content (AvgIpc) is 3.85. The van der Waals surface area contributed by atoms with Crippen molar-refractivity contribution in [2.24, 2.45) is 7.05 Å². The number of aromatic amines is 1. The van der Waals surface area contributed by atoms with Gasteiger partial charge in [-0.05, 0) is 83.7 Å². The number of benzene rings is 2. The van der Waals surface area contributed by atoms with Crippen LogP contribution in [-0.2, 0) is 49.0 Å². The third-order valence-electron chi connectivity index (χ3n) is 10.6. The Morgan fingerprint density at radius 1 is 0.983 bits per heavy atom. The quantitative estimate of drug-likeness (QED) is 0.139. The maximum absolute atomic E-state index is 13.3. The predicted octanol–water partition coefficient (Wildman–Crippen LogP) is 3.22. The van der Waals surface area contributed by atoms with E-state index in [9.17, 15) is 32.7 Å². The Balaban J connectivity index is 0.000000233. The Kier molecular flexibility index (Phi) is 16.0. The zero-order valence-corrected chi connectivity index (χ0v) is 36.2. The third kappa shape index (κ3) is 11.0. The fraction of sp³-hybridized carbons (Fsp3) is 0.524. The lowest BCUT2D eigenvalue weighted by Gasteiger charge is -2.31. The first-order chi connectivity index (χ1) is 28.7. The first-order valence-corrected chi connectivity index (χ1v) is 22.1. The van der Waals surface area contributed by atoms with Crippen LogP contribution in [0.15, 0.2) is 58.2 Å². The van der Waals surface area contributed by atoms with Crippen molar-refractivity contribution in [2.45, 2.75) is 89.2 Å². The van der Waals surface area contributed by atoms with Gasteiger partial charge in [0.2, 0.25) is 15.9 Å². The highest BCUT2D eigenvalue weighted by Gasteiger charge is 2.37. The minimum atomic E-state index is -3.70. The van der Waals surface area contributed by atoms with E-state index < -0.39 is 40.1 Å². The van der Waals surface area contributed by atoms with Crippen molar-refractivity contribution in [1.29, 1.82) is 0 Å². The number of aryl methyl sites for hydroxylation is 3. The molecule has 3 N–H and O–H groups in total. The molecule has 6 rings (SSSR count). The summed E-state index contributed by atoms with van der Waals surface area (Å²) in [6.45, 7) is 10.6. The van der Waals surface area contributed by atoms with Gasteiger partial charge in [0.05, 0.1) is 35.4 Å². The van der Waals surface area contributed by atoms with Crippen molar-refractivity contribution < 1.29 is 37.4 Å². The summed E-state index contributed by atoms with van der Waals surface area (Å²) in [5.74, 6) is -0.966. The number of sulfonamides is 1. The molecule has 4 heterocycles.